The molecule has 9 heavy (non-hydrogen) atoms. The fourth-order valence-corrected chi connectivity index (χ4v) is 1.03. The van der Waals surface area contributed by atoms with E-state index < -0.39 is 0 Å². The van der Waals surface area contributed by atoms with Crippen LogP contribution < -0.4 is 5.32 Å². The molecule has 0 saturated carbocycles. The number of hydrogen-bond donors (Lipinski definition) is 2. The third-order valence-corrected chi connectivity index (χ3v) is 2.27. The van der Waals surface area contributed by atoms with Crippen LogP contribution in [0.2, 0.25) is 0 Å². The average molecular weight is 147 g/mol. The molecular formula is C6H13NOS. The van der Waals surface area contributed by atoms with Gasteiger partial charge in [-0.3, -0.25) is 0 Å². The molecular weight excluding hydrogens is 134 g/mol. The van der Waals surface area contributed by atoms with Crippen molar-refractivity contribution in [2.24, 2.45) is 0 Å². The Morgan fingerprint density at radius 1 is 1.78 bits per heavy atom. The molecule has 0 aliphatic carbocycles. The van der Waals surface area contributed by atoms with Crippen LogP contribution in [0.4, 0.5) is 0 Å². The lowest BCUT2D eigenvalue weighted by Crippen LogP contribution is -2.51. The van der Waals surface area contributed by atoms with Crippen molar-refractivity contribution in [3.63, 3.8) is 0 Å². The molecule has 2 nitrogen and oxygen atoms in total. The van der Waals surface area contributed by atoms with E-state index >= 15 is 0 Å². The summed E-state index contributed by atoms with van der Waals surface area (Å²) < 4.78 is 5.38. The van der Waals surface area contributed by atoms with E-state index in [-0.39, 0.29) is 4.93 Å². The molecule has 0 aromatic carbocycles. The van der Waals surface area contributed by atoms with E-state index in [9.17, 15) is 0 Å². The Morgan fingerprint density at radius 2 is 2.44 bits per heavy atom. The molecule has 0 radical (unpaired) electrons. The average Bonchev–Trinajstić information content (AvgIpc) is 1.77. The molecule has 1 heterocycles. The minimum atomic E-state index is -0.280. The Bertz CT molecular complexity index is 105. The summed E-state index contributed by atoms with van der Waals surface area (Å²) >= 11 is 4.33. The van der Waals surface area contributed by atoms with Gasteiger partial charge in [0.1, 0.15) is 4.93 Å². The second-order valence-electron chi connectivity index (χ2n) is 2.58. The van der Waals surface area contributed by atoms with Gasteiger partial charge >= 0.3 is 0 Å². The van der Waals surface area contributed by atoms with Gasteiger partial charge in [0.25, 0.3) is 0 Å². The van der Waals surface area contributed by atoms with E-state index in [1.807, 2.05) is 6.92 Å². The molecule has 0 aromatic rings. The van der Waals surface area contributed by atoms with Crippen LogP contribution in [0, 0.1) is 0 Å². The number of nitrogens with one attached hydrogen (secondary N) is 1. The van der Waals surface area contributed by atoms with Crippen LogP contribution in [0.3, 0.4) is 0 Å². The van der Waals surface area contributed by atoms with E-state index in [2.05, 4.69) is 24.9 Å². The van der Waals surface area contributed by atoms with Crippen LogP contribution in [0.15, 0.2) is 0 Å². The number of ether oxygens (including phenoxy) is 1. The van der Waals surface area contributed by atoms with Crippen LogP contribution in [-0.4, -0.2) is 24.1 Å². The fourth-order valence-electron chi connectivity index (χ4n) is 0.847. The topological polar surface area (TPSA) is 21.3 Å². The van der Waals surface area contributed by atoms with Crippen molar-refractivity contribution in [2.45, 2.75) is 24.8 Å². The highest BCUT2D eigenvalue weighted by Gasteiger charge is 2.30. The molecule has 1 saturated heterocycles. The van der Waals surface area contributed by atoms with E-state index in [1.165, 1.54) is 0 Å². The van der Waals surface area contributed by atoms with Crippen molar-refractivity contribution >= 4 is 12.6 Å². The third kappa shape index (κ3) is 1.60. The third-order valence-electron chi connectivity index (χ3n) is 1.75. The molecule has 0 aromatic heterocycles. The minimum absolute atomic E-state index is 0.280. The second kappa shape index (κ2) is 2.48. The normalized spacial score (nSPS) is 45.0. The zero-order valence-corrected chi connectivity index (χ0v) is 6.74. The van der Waals surface area contributed by atoms with Gasteiger partial charge in [-0.2, -0.15) is 0 Å². The van der Waals surface area contributed by atoms with Crippen LogP contribution in [0.25, 0.3) is 0 Å². The van der Waals surface area contributed by atoms with Crippen LogP contribution >= 0.6 is 12.6 Å². The molecule has 0 amide bonds. The zero-order valence-electron chi connectivity index (χ0n) is 5.85. The van der Waals surface area contributed by atoms with Crippen LogP contribution in [-0.2, 0) is 4.74 Å². The van der Waals surface area contributed by atoms with Gasteiger partial charge in [-0.15, -0.1) is 12.6 Å². The molecule has 1 aliphatic rings. The minimum Gasteiger partial charge on any atom is -0.362 e. The summed E-state index contributed by atoms with van der Waals surface area (Å²) in [5.74, 6) is 0. The van der Waals surface area contributed by atoms with Crippen LogP contribution in [0.1, 0.15) is 13.8 Å². The first-order chi connectivity index (χ1) is 4.13. The Balaban J connectivity index is 2.49. The Kier molecular flexibility index (Phi) is 2.03. The SMILES string of the molecule is CC1NCCOC1(C)S. The Labute approximate surface area is 61.4 Å². The predicted octanol–water partition coefficient (Wildman–Crippen LogP) is 0.641. The molecule has 1 fully saturated rings. The summed E-state index contributed by atoms with van der Waals surface area (Å²) in [5, 5.41) is 3.27. The molecule has 1 N–H and O–H groups in total. The van der Waals surface area contributed by atoms with Gasteiger partial charge in [0, 0.05) is 12.6 Å². The quantitative estimate of drug-likeness (QED) is 0.491. The van der Waals surface area contributed by atoms with Crippen LogP contribution in [0.5, 0.6) is 0 Å². The summed E-state index contributed by atoms with van der Waals surface area (Å²) in [6, 6.07) is 0.342. The number of rotatable bonds is 0. The van der Waals surface area contributed by atoms with E-state index in [0.717, 1.165) is 13.2 Å². The van der Waals surface area contributed by atoms with Gasteiger partial charge in [-0.05, 0) is 13.8 Å². The Hall–Kier alpha value is 0.270. The van der Waals surface area contributed by atoms with E-state index in [1.54, 1.807) is 0 Å². The van der Waals surface area contributed by atoms with Crippen molar-refractivity contribution in [1.29, 1.82) is 0 Å². The summed E-state index contributed by atoms with van der Waals surface area (Å²) in [6.45, 7) is 5.76. The maximum Gasteiger partial charge on any atom is 0.123 e. The first kappa shape index (κ1) is 7.38. The van der Waals surface area contributed by atoms with Gasteiger partial charge in [0.15, 0.2) is 0 Å². The smallest absolute Gasteiger partial charge is 0.123 e. The van der Waals surface area contributed by atoms with Gasteiger partial charge in [-0.1, -0.05) is 0 Å². The zero-order chi connectivity index (χ0) is 6.91. The van der Waals surface area contributed by atoms with Gasteiger partial charge in [-0.25, -0.2) is 0 Å². The standard InChI is InChI=1S/C6H13NOS/c1-5-6(2,9)8-4-3-7-5/h5,7,9H,3-4H2,1-2H3. The summed E-state index contributed by atoms with van der Waals surface area (Å²) in [4.78, 5) is -0.280. The molecule has 54 valence electrons. The van der Waals surface area contributed by atoms with Gasteiger partial charge in [0.2, 0.25) is 0 Å². The maximum atomic E-state index is 5.38. The molecule has 1 aliphatic heterocycles. The maximum absolute atomic E-state index is 5.38. The highest BCUT2D eigenvalue weighted by molar-refractivity contribution is 7.81. The first-order valence-electron chi connectivity index (χ1n) is 3.22. The summed E-state index contributed by atoms with van der Waals surface area (Å²) in [5.41, 5.74) is 0. The molecule has 0 bridgehead atoms. The molecule has 1 rings (SSSR count). The lowest BCUT2D eigenvalue weighted by Gasteiger charge is -2.36. The van der Waals surface area contributed by atoms with Crippen molar-refractivity contribution in [1.82, 2.24) is 5.32 Å². The lowest BCUT2D eigenvalue weighted by molar-refractivity contribution is -0.0112. The highest BCUT2D eigenvalue weighted by atomic mass is 32.1. The fraction of sp³-hybridized carbons (Fsp3) is 1.00. The molecule has 2 atom stereocenters. The van der Waals surface area contributed by atoms with Crippen molar-refractivity contribution < 1.29 is 4.74 Å². The number of morpholine rings is 1. The van der Waals surface area contributed by atoms with E-state index in [4.69, 9.17) is 4.74 Å². The van der Waals surface area contributed by atoms with Gasteiger partial charge in [0.05, 0.1) is 6.61 Å². The van der Waals surface area contributed by atoms with Crippen molar-refractivity contribution in [2.75, 3.05) is 13.2 Å². The van der Waals surface area contributed by atoms with Crippen molar-refractivity contribution in [3.8, 4) is 0 Å². The molecule has 3 heteroatoms. The second-order valence-corrected chi connectivity index (χ2v) is 3.47. The predicted molar refractivity (Wildman–Crippen MR) is 40.8 cm³/mol. The Morgan fingerprint density at radius 3 is 2.78 bits per heavy atom. The largest absolute Gasteiger partial charge is 0.362 e. The number of thiol groups is 1. The first-order valence-corrected chi connectivity index (χ1v) is 3.67. The summed E-state index contributed by atoms with van der Waals surface area (Å²) in [7, 11) is 0. The van der Waals surface area contributed by atoms with E-state index in [0.29, 0.717) is 6.04 Å². The monoisotopic (exact) mass is 147 g/mol. The highest BCUT2D eigenvalue weighted by Crippen LogP contribution is 2.22. The summed E-state index contributed by atoms with van der Waals surface area (Å²) in [6.07, 6.45) is 0. The van der Waals surface area contributed by atoms with Crippen molar-refractivity contribution in [3.05, 3.63) is 0 Å². The lowest BCUT2D eigenvalue weighted by atomic mass is 10.2. The molecule has 0 spiro atoms. The van der Waals surface area contributed by atoms with Gasteiger partial charge < -0.3 is 10.1 Å². The number of hydrogen-bond acceptors (Lipinski definition) is 3. The molecule has 2 unspecified atom stereocenters.